The molecule has 1 aromatic carbocycles. The lowest BCUT2D eigenvalue weighted by atomic mass is 10.2. The van der Waals surface area contributed by atoms with Crippen molar-refractivity contribution in [2.75, 3.05) is 12.4 Å². The number of rotatable bonds is 4. The summed E-state index contributed by atoms with van der Waals surface area (Å²) in [5.41, 5.74) is 2.36. The fourth-order valence-corrected chi connectivity index (χ4v) is 1.74. The number of benzene rings is 1. The van der Waals surface area contributed by atoms with Gasteiger partial charge in [-0.3, -0.25) is 4.98 Å². The number of carbonyl (C=O) groups is 1. The molecule has 6 nitrogen and oxygen atoms in total. The van der Waals surface area contributed by atoms with Crippen molar-refractivity contribution in [3.8, 4) is 5.75 Å². The highest BCUT2D eigenvalue weighted by atomic mass is 16.5. The number of nitrogens with zero attached hydrogens (tertiary/aromatic N) is 2. The van der Waals surface area contributed by atoms with Crippen molar-refractivity contribution in [2.45, 2.75) is 13.8 Å². The number of hydrogen-bond acceptors (Lipinski definition) is 5. The SMILES string of the molecule is COc1cc(Nc2nc(C)cnc2C)ccc1C(=O)O. The van der Waals surface area contributed by atoms with E-state index in [1.807, 2.05) is 13.8 Å². The summed E-state index contributed by atoms with van der Waals surface area (Å²) in [6.45, 7) is 3.70. The summed E-state index contributed by atoms with van der Waals surface area (Å²) in [4.78, 5) is 19.6. The van der Waals surface area contributed by atoms with Crippen LogP contribution in [0.2, 0.25) is 0 Å². The first-order valence-electron chi connectivity index (χ1n) is 6.00. The molecule has 0 saturated carbocycles. The van der Waals surface area contributed by atoms with E-state index in [0.717, 1.165) is 11.4 Å². The summed E-state index contributed by atoms with van der Waals surface area (Å²) in [7, 11) is 1.43. The van der Waals surface area contributed by atoms with Crippen LogP contribution in [0.4, 0.5) is 11.5 Å². The molecule has 0 saturated heterocycles. The van der Waals surface area contributed by atoms with Crippen molar-refractivity contribution < 1.29 is 14.6 Å². The van der Waals surface area contributed by atoms with Gasteiger partial charge in [-0.05, 0) is 26.0 Å². The second kappa shape index (κ2) is 5.56. The Labute approximate surface area is 116 Å². The highest BCUT2D eigenvalue weighted by Crippen LogP contribution is 2.25. The number of nitrogens with one attached hydrogen (secondary N) is 1. The third-order valence-electron chi connectivity index (χ3n) is 2.77. The van der Waals surface area contributed by atoms with Crippen molar-refractivity contribution in [1.82, 2.24) is 9.97 Å². The maximum Gasteiger partial charge on any atom is 0.339 e. The Hall–Kier alpha value is -2.63. The lowest BCUT2D eigenvalue weighted by Gasteiger charge is -2.11. The normalized spacial score (nSPS) is 10.2. The molecule has 0 aliphatic heterocycles. The molecule has 104 valence electrons. The van der Waals surface area contributed by atoms with E-state index in [1.54, 1.807) is 18.3 Å². The highest BCUT2D eigenvalue weighted by Gasteiger charge is 2.12. The molecule has 0 unspecified atom stereocenters. The summed E-state index contributed by atoms with van der Waals surface area (Å²) in [5.74, 6) is -0.101. The number of aromatic carboxylic acids is 1. The van der Waals surface area contributed by atoms with Gasteiger partial charge in [0.1, 0.15) is 11.3 Å². The Kier molecular flexibility index (Phi) is 3.84. The van der Waals surface area contributed by atoms with Crippen LogP contribution in [-0.4, -0.2) is 28.2 Å². The zero-order valence-electron chi connectivity index (χ0n) is 11.5. The van der Waals surface area contributed by atoms with E-state index in [0.29, 0.717) is 17.3 Å². The third kappa shape index (κ3) is 2.85. The second-order valence-electron chi connectivity index (χ2n) is 4.29. The predicted octanol–water partition coefficient (Wildman–Crippen LogP) is 2.54. The molecule has 0 radical (unpaired) electrons. The van der Waals surface area contributed by atoms with Crippen molar-refractivity contribution in [1.29, 1.82) is 0 Å². The van der Waals surface area contributed by atoms with Gasteiger partial charge in [-0.1, -0.05) is 0 Å². The van der Waals surface area contributed by atoms with Crippen molar-refractivity contribution in [3.05, 3.63) is 41.3 Å². The minimum Gasteiger partial charge on any atom is -0.496 e. The molecule has 1 heterocycles. The highest BCUT2D eigenvalue weighted by molar-refractivity contribution is 5.91. The van der Waals surface area contributed by atoms with Crippen LogP contribution in [0.5, 0.6) is 5.75 Å². The van der Waals surface area contributed by atoms with Gasteiger partial charge in [-0.2, -0.15) is 0 Å². The standard InChI is InChI=1S/C14H15N3O3/c1-8-7-15-9(2)13(16-8)17-10-4-5-11(14(18)19)12(6-10)20-3/h4-7H,1-3H3,(H,16,17)(H,18,19). The summed E-state index contributed by atoms with van der Waals surface area (Å²) < 4.78 is 5.08. The van der Waals surface area contributed by atoms with E-state index in [4.69, 9.17) is 9.84 Å². The van der Waals surface area contributed by atoms with Gasteiger partial charge in [-0.15, -0.1) is 0 Å². The Morgan fingerprint density at radius 1 is 1.35 bits per heavy atom. The van der Waals surface area contributed by atoms with Crippen LogP contribution >= 0.6 is 0 Å². The minimum atomic E-state index is -1.03. The average Bonchev–Trinajstić information content (AvgIpc) is 2.42. The van der Waals surface area contributed by atoms with Gasteiger partial charge in [0.2, 0.25) is 0 Å². The van der Waals surface area contributed by atoms with Gasteiger partial charge in [-0.25, -0.2) is 9.78 Å². The Morgan fingerprint density at radius 3 is 2.75 bits per heavy atom. The quantitative estimate of drug-likeness (QED) is 0.890. The largest absolute Gasteiger partial charge is 0.496 e. The van der Waals surface area contributed by atoms with Crippen LogP contribution in [0.25, 0.3) is 0 Å². The molecule has 0 aliphatic rings. The first-order valence-corrected chi connectivity index (χ1v) is 6.00. The summed E-state index contributed by atoms with van der Waals surface area (Å²) in [5, 5.41) is 12.1. The van der Waals surface area contributed by atoms with E-state index in [-0.39, 0.29) is 5.56 Å². The second-order valence-corrected chi connectivity index (χ2v) is 4.29. The number of hydrogen-bond donors (Lipinski definition) is 2. The third-order valence-corrected chi connectivity index (χ3v) is 2.77. The van der Waals surface area contributed by atoms with Crippen LogP contribution in [-0.2, 0) is 0 Å². The van der Waals surface area contributed by atoms with Crippen molar-refractivity contribution in [2.24, 2.45) is 0 Å². The van der Waals surface area contributed by atoms with E-state index >= 15 is 0 Å². The first kappa shape index (κ1) is 13.8. The van der Waals surface area contributed by atoms with Crippen LogP contribution in [0.3, 0.4) is 0 Å². The molecule has 1 aromatic heterocycles. The molecule has 20 heavy (non-hydrogen) atoms. The van der Waals surface area contributed by atoms with E-state index < -0.39 is 5.97 Å². The lowest BCUT2D eigenvalue weighted by molar-refractivity contribution is 0.0693. The zero-order valence-corrected chi connectivity index (χ0v) is 11.5. The molecule has 0 atom stereocenters. The minimum absolute atomic E-state index is 0.116. The van der Waals surface area contributed by atoms with Crippen molar-refractivity contribution in [3.63, 3.8) is 0 Å². The fourth-order valence-electron chi connectivity index (χ4n) is 1.74. The number of carboxylic acid groups (broad SMARTS) is 1. The van der Waals surface area contributed by atoms with E-state index in [1.165, 1.54) is 13.2 Å². The molecule has 0 bridgehead atoms. The van der Waals surface area contributed by atoms with Gasteiger partial charge in [0.15, 0.2) is 5.82 Å². The smallest absolute Gasteiger partial charge is 0.339 e. The number of anilines is 2. The molecule has 2 rings (SSSR count). The molecule has 2 N–H and O–H groups in total. The monoisotopic (exact) mass is 273 g/mol. The maximum absolute atomic E-state index is 11.0. The first-order chi connectivity index (χ1) is 9.51. The lowest BCUT2D eigenvalue weighted by Crippen LogP contribution is -2.03. The maximum atomic E-state index is 11.0. The average molecular weight is 273 g/mol. The number of carboxylic acids is 1. The van der Waals surface area contributed by atoms with Gasteiger partial charge in [0.25, 0.3) is 0 Å². The number of ether oxygens (including phenoxy) is 1. The van der Waals surface area contributed by atoms with Crippen LogP contribution < -0.4 is 10.1 Å². The topological polar surface area (TPSA) is 84.3 Å². The van der Waals surface area contributed by atoms with Crippen molar-refractivity contribution >= 4 is 17.5 Å². The molecule has 2 aromatic rings. The number of aromatic nitrogens is 2. The van der Waals surface area contributed by atoms with Gasteiger partial charge < -0.3 is 15.2 Å². The molecule has 0 spiro atoms. The molecule has 0 fully saturated rings. The van der Waals surface area contributed by atoms with Gasteiger partial charge >= 0.3 is 5.97 Å². The Bertz CT molecular complexity index is 656. The molecule has 6 heteroatoms. The summed E-state index contributed by atoms with van der Waals surface area (Å²) >= 11 is 0. The van der Waals surface area contributed by atoms with E-state index in [9.17, 15) is 4.79 Å². The Balaban J connectivity index is 2.34. The summed E-state index contributed by atoms with van der Waals surface area (Å²) in [6, 6.07) is 4.77. The predicted molar refractivity (Wildman–Crippen MR) is 74.7 cm³/mol. The number of aryl methyl sites for hydroxylation is 2. The fraction of sp³-hybridized carbons (Fsp3) is 0.214. The van der Waals surface area contributed by atoms with Crippen LogP contribution in [0, 0.1) is 13.8 Å². The Morgan fingerprint density at radius 2 is 2.10 bits per heavy atom. The van der Waals surface area contributed by atoms with Gasteiger partial charge in [0.05, 0.1) is 18.5 Å². The zero-order chi connectivity index (χ0) is 14.7. The molecular formula is C14H15N3O3. The molecule has 0 aliphatic carbocycles. The number of methoxy groups -OCH3 is 1. The molecule has 0 amide bonds. The molecular weight excluding hydrogens is 258 g/mol. The summed E-state index contributed by atoms with van der Waals surface area (Å²) in [6.07, 6.45) is 1.69. The van der Waals surface area contributed by atoms with Crippen LogP contribution in [0.1, 0.15) is 21.7 Å². The van der Waals surface area contributed by atoms with Gasteiger partial charge in [0, 0.05) is 18.0 Å². The van der Waals surface area contributed by atoms with Crippen LogP contribution in [0.15, 0.2) is 24.4 Å². The van der Waals surface area contributed by atoms with E-state index in [2.05, 4.69) is 15.3 Å².